The number of hydrogen-bond acceptors (Lipinski definition) is 4. The molecule has 144 valence electrons. The highest BCUT2D eigenvalue weighted by Crippen LogP contribution is 2.18. The second-order valence-electron chi connectivity index (χ2n) is 6.19. The van der Waals surface area contributed by atoms with Crippen molar-refractivity contribution in [1.29, 1.82) is 0 Å². The summed E-state index contributed by atoms with van der Waals surface area (Å²) in [6.07, 6.45) is -0.610. The lowest BCUT2D eigenvalue weighted by Gasteiger charge is -2.20. The maximum absolute atomic E-state index is 11.6. The van der Waals surface area contributed by atoms with Crippen molar-refractivity contribution in [2.24, 2.45) is 5.73 Å². The first-order chi connectivity index (χ1) is 13.7. The van der Waals surface area contributed by atoms with E-state index >= 15 is 0 Å². The van der Waals surface area contributed by atoms with Crippen molar-refractivity contribution < 1.29 is 19.0 Å². The normalized spacial score (nSPS) is 10.8. The first kappa shape index (κ1) is 19.6. The molecule has 0 aliphatic heterocycles. The summed E-state index contributed by atoms with van der Waals surface area (Å²) in [5.41, 5.74) is 7.81. The Labute approximate surface area is 164 Å². The van der Waals surface area contributed by atoms with E-state index < -0.39 is 12.2 Å². The van der Waals surface area contributed by atoms with Gasteiger partial charge in [-0.25, -0.2) is 0 Å². The molecule has 3 aromatic rings. The van der Waals surface area contributed by atoms with Gasteiger partial charge in [-0.1, -0.05) is 72.8 Å². The summed E-state index contributed by atoms with van der Waals surface area (Å²) in [5.74, 6) is -0.130. The average Bonchev–Trinajstić information content (AvgIpc) is 2.75. The molecule has 5 heteroatoms. The fourth-order valence-corrected chi connectivity index (χ4v) is 2.63. The molecule has 5 nitrogen and oxygen atoms in total. The van der Waals surface area contributed by atoms with E-state index in [1.165, 1.54) is 0 Å². The number of rotatable bonds is 10. The van der Waals surface area contributed by atoms with Crippen LogP contribution in [-0.2, 0) is 22.7 Å². The summed E-state index contributed by atoms with van der Waals surface area (Å²) in [4.78, 5) is 11.6. The number of primary amides is 1. The smallest absolute Gasteiger partial charge is 0.252 e. The highest BCUT2D eigenvalue weighted by atomic mass is 16.7. The fourth-order valence-electron chi connectivity index (χ4n) is 2.63. The van der Waals surface area contributed by atoms with Gasteiger partial charge >= 0.3 is 0 Å². The summed E-state index contributed by atoms with van der Waals surface area (Å²) in [7, 11) is 0. The van der Waals surface area contributed by atoms with Crippen LogP contribution in [-0.4, -0.2) is 18.8 Å². The van der Waals surface area contributed by atoms with Gasteiger partial charge in [0, 0.05) is 0 Å². The fraction of sp³-hybridized carbons (Fsp3) is 0.174. The van der Waals surface area contributed by atoms with E-state index in [-0.39, 0.29) is 6.61 Å². The number of carbonyl (C=O) groups excluding carboxylic acids is 1. The highest BCUT2D eigenvalue weighted by molar-refractivity contribution is 5.95. The molecule has 3 rings (SSSR count). The van der Waals surface area contributed by atoms with Crippen LogP contribution in [0.1, 0.15) is 21.5 Å². The number of amides is 1. The predicted molar refractivity (Wildman–Crippen MR) is 107 cm³/mol. The second kappa shape index (κ2) is 10.3. The van der Waals surface area contributed by atoms with E-state index in [4.69, 9.17) is 19.9 Å². The van der Waals surface area contributed by atoms with Crippen LogP contribution < -0.4 is 10.5 Å². The highest BCUT2D eigenvalue weighted by Gasteiger charge is 2.14. The molecule has 0 unspecified atom stereocenters. The molecule has 0 radical (unpaired) electrons. The number of para-hydroxylation sites is 1. The summed E-state index contributed by atoms with van der Waals surface area (Å²) < 4.78 is 17.6. The molecular formula is C23H23NO4. The average molecular weight is 377 g/mol. The zero-order valence-corrected chi connectivity index (χ0v) is 15.5. The van der Waals surface area contributed by atoms with Crippen molar-refractivity contribution in [3.63, 3.8) is 0 Å². The van der Waals surface area contributed by atoms with Gasteiger partial charge in [0.1, 0.15) is 12.4 Å². The molecule has 0 saturated heterocycles. The molecule has 1 amide bonds. The lowest BCUT2D eigenvalue weighted by atomic mass is 10.2. The van der Waals surface area contributed by atoms with E-state index in [1.54, 1.807) is 24.3 Å². The van der Waals surface area contributed by atoms with Crippen LogP contribution in [0, 0.1) is 0 Å². The van der Waals surface area contributed by atoms with Crippen LogP contribution >= 0.6 is 0 Å². The Hall–Kier alpha value is -3.15. The van der Waals surface area contributed by atoms with Gasteiger partial charge in [0.25, 0.3) is 5.91 Å². The number of carbonyl (C=O) groups is 1. The van der Waals surface area contributed by atoms with E-state index in [0.29, 0.717) is 24.5 Å². The molecule has 0 heterocycles. The standard InChI is InChI=1S/C23H23NO4/c24-23(25)20-13-7-8-14-21(20)26-17-22(27-15-18-9-3-1-4-10-18)28-16-19-11-5-2-6-12-19/h1-14,22H,15-17H2,(H2,24,25). The van der Waals surface area contributed by atoms with Crippen molar-refractivity contribution in [3.8, 4) is 5.75 Å². The molecule has 0 aromatic heterocycles. The SMILES string of the molecule is NC(=O)c1ccccc1OCC(OCc1ccccc1)OCc1ccccc1. The minimum atomic E-state index is -0.610. The lowest BCUT2D eigenvalue weighted by Crippen LogP contribution is -2.26. The van der Waals surface area contributed by atoms with E-state index in [2.05, 4.69) is 0 Å². The minimum absolute atomic E-state index is 0.129. The molecule has 0 saturated carbocycles. The molecule has 0 fully saturated rings. The van der Waals surface area contributed by atoms with Crippen molar-refractivity contribution >= 4 is 5.91 Å². The van der Waals surface area contributed by atoms with Gasteiger partial charge < -0.3 is 19.9 Å². The Morgan fingerprint density at radius 2 is 1.25 bits per heavy atom. The Morgan fingerprint density at radius 3 is 1.79 bits per heavy atom. The van der Waals surface area contributed by atoms with Crippen LogP contribution in [0.4, 0.5) is 0 Å². The zero-order chi connectivity index (χ0) is 19.6. The van der Waals surface area contributed by atoms with Gasteiger partial charge in [0.15, 0.2) is 6.29 Å². The number of ether oxygens (including phenoxy) is 3. The summed E-state index contributed by atoms with van der Waals surface area (Å²) in [6, 6.07) is 26.5. The topological polar surface area (TPSA) is 70.8 Å². The van der Waals surface area contributed by atoms with Gasteiger partial charge in [-0.3, -0.25) is 4.79 Å². The number of nitrogens with two attached hydrogens (primary N) is 1. The predicted octanol–water partition coefficient (Wildman–Crippen LogP) is 3.92. The molecule has 0 atom stereocenters. The minimum Gasteiger partial charge on any atom is -0.487 e. The summed E-state index contributed by atoms with van der Waals surface area (Å²) in [6.45, 7) is 0.909. The van der Waals surface area contributed by atoms with Crippen molar-refractivity contribution in [2.45, 2.75) is 19.5 Å². The van der Waals surface area contributed by atoms with Crippen molar-refractivity contribution in [1.82, 2.24) is 0 Å². The van der Waals surface area contributed by atoms with Gasteiger partial charge in [-0.15, -0.1) is 0 Å². The maximum atomic E-state index is 11.6. The molecule has 0 aliphatic carbocycles. The monoisotopic (exact) mass is 377 g/mol. The number of benzene rings is 3. The molecule has 0 aliphatic rings. The molecule has 0 bridgehead atoms. The van der Waals surface area contributed by atoms with Gasteiger partial charge in [-0.05, 0) is 23.3 Å². The van der Waals surface area contributed by atoms with Crippen molar-refractivity contribution in [3.05, 3.63) is 102 Å². The Bertz CT molecular complexity index is 825. The van der Waals surface area contributed by atoms with Crippen LogP contribution in [0.25, 0.3) is 0 Å². The van der Waals surface area contributed by atoms with Gasteiger partial charge in [0.05, 0.1) is 18.8 Å². The first-order valence-electron chi connectivity index (χ1n) is 9.05. The van der Waals surface area contributed by atoms with Crippen LogP contribution in [0.2, 0.25) is 0 Å². The van der Waals surface area contributed by atoms with Crippen LogP contribution in [0.5, 0.6) is 5.75 Å². The summed E-state index contributed by atoms with van der Waals surface area (Å²) >= 11 is 0. The Kier molecular flexibility index (Phi) is 7.18. The number of hydrogen-bond donors (Lipinski definition) is 1. The largest absolute Gasteiger partial charge is 0.487 e. The second-order valence-corrected chi connectivity index (χ2v) is 6.19. The zero-order valence-electron chi connectivity index (χ0n) is 15.5. The first-order valence-corrected chi connectivity index (χ1v) is 9.05. The van der Waals surface area contributed by atoms with E-state index in [1.807, 2.05) is 60.7 Å². The molecule has 28 heavy (non-hydrogen) atoms. The van der Waals surface area contributed by atoms with Gasteiger partial charge in [-0.2, -0.15) is 0 Å². The third-order valence-corrected chi connectivity index (χ3v) is 4.08. The molecular weight excluding hydrogens is 354 g/mol. The van der Waals surface area contributed by atoms with Crippen molar-refractivity contribution in [2.75, 3.05) is 6.61 Å². The Balaban J connectivity index is 1.64. The van der Waals surface area contributed by atoms with Crippen LogP contribution in [0.15, 0.2) is 84.9 Å². The lowest BCUT2D eigenvalue weighted by molar-refractivity contribution is -0.171. The third-order valence-electron chi connectivity index (χ3n) is 4.08. The quantitative estimate of drug-likeness (QED) is 0.544. The van der Waals surface area contributed by atoms with Gasteiger partial charge in [0.2, 0.25) is 0 Å². The molecule has 2 N–H and O–H groups in total. The maximum Gasteiger partial charge on any atom is 0.252 e. The Morgan fingerprint density at radius 1 is 0.750 bits per heavy atom. The molecule has 3 aromatic carbocycles. The third kappa shape index (κ3) is 5.94. The van der Waals surface area contributed by atoms with E-state index in [0.717, 1.165) is 11.1 Å². The van der Waals surface area contributed by atoms with E-state index in [9.17, 15) is 4.79 Å². The van der Waals surface area contributed by atoms with Crippen LogP contribution in [0.3, 0.4) is 0 Å². The summed E-state index contributed by atoms with van der Waals surface area (Å²) in [5, 5.41) is 0. The molecule has 0 spiro atoms.